The third-order valence-corrected chi connectivity index (χ3v) is 5.69. The minimum absolute atomic E-state index is 0. The molecule has 32 heavy (non-hydrogen) atoms. The molecule has 1 aliphatic rings. The number of rotatable bonds is 6. The number of halogens is 2. The molecule has 6 nitrogen and oxygen atoms in total. The van der Waals surface area contributed by atoms with E-state index < -0.39 is 5.82 Å². The van der Waals surface area contributed by atoms with E-state index in [1.807, 2.05) is 11.8 Å². The van der Waals surface area contributed by atoms with Gasteiger partial charge in [0.1, 0.15) is 11.6 Å². The summed E-state index contributed by atoms with van der Waals surface area (Å²) >= 11 is 0. The third-order valence-electron chi connectivity index (χ3n) is 5.69. The summed E-state index contributed by atoms with van der Waals surface area (Å²) in [6.45, 7) is 3.53. The molecule has 2 heterocycles. The van der Waals surface area contributed by atoms with Crippen LogP contribution in [0.15, 0.2) is 48.7 Å². The molecule has 0 unspecified atom stereocenters. The van der Waals surface area contributed by atoms with Crippen molar-refractivity contribution in [1.82, 2.24) is 4.98 Å². The number of nitrogens with zero attached hydrogens (tertiary/aromatic N) is 2. The van der Waals surface area contributed by atoms with Gasteiger partial charge in [0.15, 0.2) is 5.78 Å². The van der Waals surface area contributed by atoms with Crippen molar-refractivity contribution in [2.45, 2.75) is 19.8 Å². The van der Waals surface area contributed by atoms with Gasteiger partial charge in [-0.2, -0.15) is 0 Å². The number of aromatic nitrogens is 1. The monoisotopic (exact) mass is 457 g/mol. The maximum absolute atomic E-state index is 14.1. The summed E-state index contributed by atoms with van der Waals surface area (Å²) in [6, 6.07) is 11.3. The zero-order valence-corrected chi connectivity index (χ0v) is 18.5. The van der Waals surface area contributed by atoms with Crippen molar-refractivity contribution < 1.29 is 18.7 Å². The Bertz CT molecular complexity index is 1130. The number of carbonyl (C=O) groups is 2. The first-order valence-electron chi connectivity index (χ1n) is 10.4. The van der Waals surface area contributed by atoms with E-state index in [0.29, 0.717) is 66.0 Å². The van der Waals surface area contributed by atoms with Crippen molar-refractivity contribution >= 4 is 40.7 Å². The van der Waals surface area contributed by atoms with Gasteiger partial charge < -0.3 is 15.4 Å². The number of hydrogen-bond acceptors (Lipinski definition) is 5. The second-order valence-electron chi connectivity index (χ2n) is 7.63. The number of benzene rings is 2. The second-order valence-corrected chi connectivity index (χ2v) is 7.63. The van der Waals surface area contributed by atoms with E-state index in [1.54, 1.807) is 36.5 Å². The molecular formula is C24H25ClFN3O3. The lowest BCUT2D eigenvalue weighted by Gasteiger charge is -2.34. The molecule has 1 aromatic heterocycles. The quantitative estimate of drug-likeness (QED) is 0.562. The summed E-state index contributed by atoms with van der Waals surface area (Å²) in [5.41, 5.74) is 7.62. The Kier molecular flexibility index (Phi) is 7.30. The molecule has 0 radical (unpaired) electrons. The van der Waals surface area contributed by atoms with Gasteiger partial charge in [-0.25, -0.2) is 4.39 Å². The highest BCUT2D eigenvalue weighted by Crippen LogP contribution is 2.34. The largest absolute Gasteiger partial charge is 0.494 e. The number of primary amides is 1. The molecule has 1 fully saturated rings. The number of piperidine rings is 1. The smallest absolute Gasteiger partial charge is 0.220 e. The lowest BCUT2D eigenvalue weighted by atomic mass is 9.93. The van der Waals surface area contributed by atoms with Crippen LogP contribution in [0.5, 0.6) is 5.75 Å². The van der Waals surface area contributed by atoms with Gasteiger partial charge in [0.2, 0.25) is 5.91 Å². The van der Waals surface area contributed by atoms with Crippen molar-refractivity contribution in [3.8, 4) is 5.75 Å². The van der Waals surface area contributed by atoms with Crippen molar-refractivity contribution in [3.63, 3.8) is 0 Å². The highest BCUT2D eigenvalue weighted by atomic mass is 35.5. The van der Waals surface area contributed by atoms with Crippen molar-refractivity contribution in [1.29, 1.82) is 0 Å². The van der Waals surface area contributed by atoms with Gasteiger partial charge in [-0.05, 0) is 62.2 Å². The van der Waals surface area contributed by atoms with Gasteiger partial charge in [0, 0.05) is 36.2 Å². The third kappa shape index (κ3) is 4.67. The molecule has 1 aliphatic heterocycles. The molecule has 4 rings (SSSR count). The van der Waals surface area contributed by atoms with Gasteiger partial charge in [0.05, 0.1) is 23.4 Å². The predicted molar refractivity (Wildman–Crippen MR) is 124 cm³/mol. The Labute approximate surface area is 192 Å². The molecule has 3 aromatic rings. The van der Waals surface area contributed by atoms with E-state index in [0.717, 1.165) is 0 Å². The maximum atomic E-state index is 14.1. The molecule has 0 spiro atoms. The van der Waals surface area contributed by atoms with E-state index >= 15 is 0 Å². The Balaban J connectivity index is 0.00000289. The van der Waals surface area contributed by atoms with Crippen LogP contribution in [0.1, 0.15) is 35.7 Å². The maximum Gasteiger partial charge on any atom is 0.220 e. The Morgan fingerprint density at radius 2 is 1.84 bits per heavy atom. The molecule has 2 aromatic carbocycles. The molecule has 1 saturated heterocycles. The molecule has 0 saturated carbocycles. The van der Waals surface area contributed by atoms with E-state index in [1.165, 1.54) is 12.1 Å². The fourth-order valence-corrected chi connectivity index (χ4v) is 4.07. The average Bonchev–Trinajstić information content (AvgIpc) is 2.78. The van der Waals surface area contributed by atoms with E-state index in [9.17, 15) is 14.0 Å². The Hall–Kier alpha value is -3.19. The number of pyridine rings is 1. The van der Waals surface area contributed by atoms with Crippen LogP contribution in [0.25, 0.3) is 10.9 Å². The highest BCUT2D eigenvalue weighted by Gasteiger charge is 2.28. The number of ether oxygens (including phenoxy) is 1. The topological polar surface area (TPSA) is 85.5 Å². The van der Waals surface area contributed by atoms with Crippen LogP contribution in [0.2, 0.25) is 0 Å². The number of carbonyl (C=O) groups excluding carboxylic acids is 2. The van der Waals surface area contributed by atoms with E-state index in [-0.39, 0.29) is 30.0 Å². The van der Waals surface area contributed by atoms with Gasteiger partial charge in [-0.3, -0.25) is 14.6 Å². The van der Waals surface area contributed by atoms with Crippen LogP contribution in [-0.2, 0) is 4.79 Å². The van der Waals surface area contributed by atoms with Gasteiger partial charge in [0.25, 0.3) is 0 Å². The van der Waals surface area contributed by atoms with Gasteiger partial charge in [-0.15, -0.1) is 12.4 Å². The molecular weight excluding hydrogens is 433 g/mol. The first kappa shape index (κ1) is 23.5. The minimum atomic E-state index is -0.395. The molecule has 8 heteroatoms. The Morgan fingerprint density at radius 1 is 1.16 bits per heavy atom. The minimum Gasteiger partial charge on any atom is -0.494 e. The average molecular weight is 458 g/mol. The summed E-state index contributed by atoms with van der Waals surface area (Å²) in [5, 5.41) is 0.578. The molecule has 2 N–H and O–H groups in total. The standard InChI is InChI=1S/C24H24FN3O3.ClH/c1-2-31-18-6-3-15(4-7-18)23(29)20-14-27-21-8-5-17(25)13-19(21)22(20)28-11-9-16(10-12-28)24(26)30;/h3-8,13-14,16H,2,9-12H2,1H3,(H2,26,30);1H. The van der Waals surface area contributed by atoms with Crippen molar-refractivity contribution in [3.05, 3.63) is 65.6 Å². The lowest BCUT2D eigenvalue weighted by molar-refractivity contribution is -0.122. The number of amides is 1. The number of hydrogen-bond donors (Lipinski definition) is 1. The van der Waals surface area contributed by atoms with E-state index in [2.05, 4.69) is 4.98 Å². The number of anilines is 1. The summed E-state index contributed by atoms with van der Waals surface area (Å²) in [7, 11) is 0. The van der Waals surface area contributed by atoms with E-state index in [4.69, 9.17) is 10.5 Å². The number of fused-ring (bicyclic) bond motifs is 1. The van der Waals surface area contributed by atoms with Crippen LogP contribution in [-0.4, -0.2) is 36.4 Å². The number of nitrogens with two attached hydrogens (primary N) is 1. The normalized spacial score (nSPS) is 14.1. The van der Waals surface area contributed by atoms with Crippen molar-refractivity contribution in [2.75, 3.05) is 24.6 Å². The SMILES string of the molecule is CCOc1ccc(C(=O)c2cnc3ccc(F)cc3c2N2CCC(C(N)=O)CC2)cc1.Cl. The van der Waals surface area contributed by atoms with Gasteiger partial charge >= 0.3 is 0 Å². The zero-order valence-electron chi connectivity index (χ0n) is 17.7. The summed E-state index contributed by atoms with van der Waals surface area (Å²) in [5.74, 6) is -0.407. The predicted octanol–water partition coefficient (Wildman–Crippen LogP) is 4.13. The number of ketones is 1. The van der Waals surface area contributed by atoms with Gasteiger partial charge in [-0.1, -0.05) is 0 Å². The van der Waals surface area contributed by atoms with Crippen LogP contribution < -0.4 is 15.4 Å². The fourth-order valence-electron chi connectivity index (χ4n) is 4.07. The first-order valence-corrected chi connectivity index (χ1v) is 10.4. The second kappa shape index (κ2) is 9.96. The Morgan fingerprint density at radius 3 is 2.47 bits per heavy atom. The zero-order chi connectivity index (χ0) is 22.0. The van der Waals surface area contributed by atoms with Crippen LogP contribution in [0.3, 0.4) is 0 Å². The molecule has 0 atom stereocenters. The summed E-state index contributed by atoms with van der Waals surface area (Å²) in [6.07, 6.45) is 2.73. The lowest BCUT2D eigenvalue weighted by Crippen LogP contribution is -2.39. The molecule has 0 aliphatic carbocycles. The van der Waals surface area contributed by atoms with Crippen LogP contribution in [0, 0.1) is 11.7 Å². The fraction of sp³-hybridized carbons (Fsp3) is 0.292. The van der Waals surface area contributed by atoms with Crippen LogP contribution >= 0.6 is 12.4 Å². The first-order chi connectivity index (χ1) is 15.0. The molecule has 1 amide bonds. The highest BCUT2D eigenvalue weighted by molar-refractivity contribution is 6.16. The van der Waals surface area contributed by atoms with Crippen molar-refractivity contribution in [2.24, 2.45) is 11.7 Å². The molecule has 168 valence electrons. The summed E-state index contributed by atoms with van der Waals surface area (Å²) in [4.78, 5) is 31.4. The summed E-state index contributed by atoms with van der Waals surface area (Å²) < 4.78 is 19.6. The van der Waals surface area contributed by atoms with Crippen LogP contribution in [0.4, 0.5) is 10.1 Å². The molecule has 0 bridgehead atoms.